The molecule has 150 valence electrons. The van der Waals surface area contributed by atoms with Crippen LogP contribution in [-0.4, -0.2) is 16.8 Å². The Labute approximate surface area is 176 Å². The maximum absolute atomic E-state index is 12.6. The zero-order chi connectivity index (χ0) is 20.9. The summed E-state index contributed by atoms with van der Waals surface area (Å²) in [5.41, 5.74) is 12.5. The van der Waals surface area contributed by atoms with E-state index in [-0.39, 0.29) is 5.78 Å². The highest BCUT2D eigenvalue weighted by molar-refractivity contribution is 5.86. The van der Waals surface area contributed by atoms with Gasteiger partial charge in [0.15, 0.2) is 5.78 Å². The number of nitrogens with zero attached hydrogens (tertiary/aromatic N) is 1. The van der Waals surface area contributed by atoms with Gasteiger partial charge in [-0.1, -0.05) is 60.7 Å². The third-order valence-corrected chi connectivity index (χ3v) is 5.27. The number of oxazole rings is 1. The molecular weight excluding hydrogens is 372 g/mol. The predicted octanol–water partition coefficient (Wildman–Crippen LogP) is 5.00. The number of nitrogens with two attached hydrogens (primary N) is 1. The molecule has 0 bridgehead atoms. The van der Waals surface area contributed by atoms with Crippen molar-refractivity contribution in [1.82, 2.24) is 4.98 Å². The number of hydrogen-bond acceptors (Lipinski definition) is 4. The average molecular weight is 396 g/mol. The number of aryl methyl sites for hydroxylation is 1. The van der Waals surface area contributed by atoms with Gasteiger partial charge in [0.2, 0.25) is 5.89 Å². The molecule has 1 atom stereocenters. The number of aromatic nitrogens is 1. The van der Waals surface area contributed by atoms with E-state index in [1.165, 1.54) is 5.56 Å². The van der Waals surface area contributed by atoms with Crippen molar-refractivity contribution in [3.63, 3.8) is 0 Å². The lowest BCUT2D eigenvalue weighted by molar-refractivity contribution is -0.119. The molecule has 0 radical (unpaired) electrons. The van der Waals surface area contributed by atoms with E-state index in [1.807, 2.05) is 60.7 Å². The lowest BCUT2D eigenvalue weighted by Gasteiger charge is -2.12. The van der Waals surface area contributed by atoms with Crippen LogP contribution in [0.4, 0.5) is 0 Å². The molecule has 30 heavy (non-hydrogen) atoms. The molecule has 3 aromatic carbocycles. The highest BCUT2D eigenvalue weighted by atomic mass is 16.3. The Morgan fingerprint density at radius 1 is 0.967 bits per heavy atom. The minimum atomic E-state index is -0.494. The van der Waals surface area contributed by atoms with Crippen LogP contribution < -0.4 is 5.73 Å². The Kier molecular flexibility index (Phi) is 5.87. The molecule has 0 saturated carbocycles. The van der Waals surface area contributed by atoms with Crippen LogP contribution in [0.25, 0.3) is 22.6 Å². The Hall–Kier alpha value is -3.50. The molecule has 1 aromatic heterocycles. The van der Waals surface area contributed by atoms with Crippen molar-refractivity contribution in [1.29, 1.82) is 0 Å². The maximum atomic E-state index is 12.6. The molecule has 0 amide bonds. The average Bonchev–Trinajstić information content (AvgIpc) is 3.30. The van der Waals surface area contributed by atoms with Gasteiger partial charge < -0.3 is 10.2 Å². The van der Waals surface area contributed by atoms with E-state index in [1.54, 1.807) is 12.5 Å². The van der Waals surface area contributed by atoms with Gasteiger partial charge in [0.25, 0.3) is 0 Å². The molecule has 0 spiro atoms. The molecule has 2 N–H and O–H groups in total. The highest BCUT2D eigenvalue weighted by Gasteiger charge is 2.15. The highest BCUT2D eigenvalue weighted by Crippen LogP contribution is 2.29. The van der Waals surface area contributed by atoms with Crippen molar-refractivity contribution in [3.05, 3.63) is 102 Å². The molecule has 0 aliphatic rings. The first-order valence-electron chi connectivity index (χ1n) is 10.0. The van der Waals surface area contributed by atoms with Gasteiger partial charge in [-0.15, -0.1) is 0 Å². The summed E-state index contributed by atoms with van der Waals surface area (Å²) in [5, 5.41) is 0. The molecule has 0 aliphatic heterocycles. The summed E-state index contributed by atoms with van der Waals surface area (Å²) < 4.78 is 5.42. The fourth-order valence-electron chi connectivity index (χ4n) is 3.55. The monoisotopic (exact) mass is 396 g/mol. The zero-order valence-electron chi connectivity index (χ0n) is 16.9. The summed E-state index contributed by atoms with van der Waals surface area (Å²) in [4.78, 5) is 16.8. The predicted molar refractivity (Wildman–Crippen MR) is 119 cm³/mol. The number of carbonyl (C=O) groups excluding carboxylic acids is 1. The molecule has 4 rings (SSSR count). The number of carbonyl (C=O) groups is 1. The second-order valence-electron chi connectivity index (χ2n) is 7.50. The van der Waals surface area contributed by atoms with Gasteiger partial charge >= 0.3 is 0 Å². The normalized spacial score (nSPS) is 11.9. The van der Waals surface area contributed by atoms with E-state index < -0.39 is 6.04 Å². The minimum Gasteiger partial charge on any atom is -0.445 e. The Morgan fingerprint density at radius 2 is 1.70 bits per heavy atom. The molecule has 1 unspecified atom stereocenters. The van der Waals surface area contributed by atoms with E-state index in [0.717, 1.165) is 27.8 Å². The number of rotatable bonds is 7. The van der Waals surface area contributed by atoms with Gasteiger partial charge in [-0.3, -0.25) is 4.79 Å². The minimum absolute atomic E-state index is 0.0497. The smallest absolute Gasteiger partial charge is 0.225 e. The Morgan fingerprint density at radius 3 is 2.40 bits per heavy atom. The Balaban J connectivity index is 1.47. The van der Waals surface area contributed by atoms with Crippen molar-refractivity contribution in [2.45, 2.75) is 25.8 Å². The number of Topliss-reactive ketones (excluding diaryl/α,β-unsaturated/α-hetero) is 1. The summed E-state index contributed by atoms with van der Waals surface area (Å²) in [6.45, 7) is 2.08. The third-order valence-electron chi connectivity index (χ3n) is 5.27. The third kappa shape index (κ3) is 4.56. The van der Waals surface area contributed by atoms with Gasteiger partial charge in [-0.25, -0.2) is 4.98 Å². The van der Waals surface area contributed by atoms with Crippen LogP contribution in [0.1, 0.15) is 16.7 Å². The van der Waals surface area contributed by atoms with Crippen LogP contribution in [0.2, 0.25) is 0 Å². The van der Waals surface area contributed by atoms with Gasteiger partial charge in [0, 0.05) is 12.0 Å². The molecule has 0 fully saturated rings. The van der Waals surface area contributed by atoms with E-state index >= 15 is 0 Å². The molecule has 4 nitrogen and oxygen atoms in total. The second-order valence-corrected chi connectivity index (χ2v) is 7.50. The summed E-state index contributed by atoms with van der Waals surface area (Å²) in [5.74, 6) is 0.652. The number of benzene rings is 3. The van der Waals surface area contributed by atoms with E-state index in [9.17, 15) is 4.79 Å². The molecule has 1 heterocycles. The summed E-state index contributed by atoms with van der Waals surface area (Å²) in [7, 11) is 0. The van der Waals surface area contributed by atoms with Crippen LogP contribution in [0, 0.1) is 6.92 Å². The molecule has 0 aliphatic carbocycles. The van der Waals surface area contributed by atoms with Crippen LogP contribution >= 0.6 is 0 Å². The van der Waals surface area contributed by atoms with Crippen LogP contribution in [-0.2, 0) is 17.6 Å². The van der Waals surface area contributed by atoms with E-state index in [2.05, 4.69) is 24.0 Å². The SMILES string of the molecule is Cc1ccc(-c2ncco2)cc1-c1ccc(CC(=O)C(N)Cc2ccccc2)cc1. The second kappa shape index (κ2) is 8.89. The van der Waals surface area contributed by atoms with Crippen LogP contribution in [0.3, 0.4) is 0 Å². The molecule has 4 heteroatoms. The largest absolute Gasteiger partial charge is 0.445 e. The van der Waals surface area contributed by atoms with E-state index in [0.29, 0.717) is 18.7 Å². The fourth-order valence-corrected chi connectivity index (χ4v) is 3.55. The first-order valence-corrected chi connectivity index (χ1v) is 10.0. The van der Waals surface area contributed by atoms with Gasteiger partial charge in [-0.2, -0.15) is 0 Å². The van der Waals surface area contributed by atoms with Gasteiger partial charge in [-0.05, 0) is 53.3 Å². The summed E-state index contributed by atoms with van der Waals surface area (Å²) in [6, 6.07) is 23.6. The fraction of sp³-hybridized carbons (Fsp3) is 0.154. The summed E-state index contributed by atoms with van der Waals surface area (Å²) >= 11 is 0. The zero-order valence-corrected chi connectivity index (χ0v) is 16.9. The van der Waals surface area contributed by atoms with Crippen LogP contribution in [0.15, 0.2) is 89.7 Å². The molecule has 0 saturated heterocycles. The molecular formula is C26H24N2O2. The van der Waals surface area contributed by atoms with Crippen molar-refractivity contribution in [2.24, 2.45) is 5.73 Å². The number of ketones is 1. The maximum Gasteiger partial charge on any atom is 0.225 e. The number of hydrogen-bond donors (Lipinski definition) is 1. The van der Waals surface area contributed by atoms with Crippen molar-refractivity contribution < 1.29 is 9.21 Å². The van der Waals surface area contributed by atoms with E-state index in [4.69, 9.17) is 10.2 Å². The molecule has 4 aromatic rings. The first-order chi connectivity index (χ1) is 14.6. The quantitative estimate of drug-likeness (QED) is 0.477. The van der Waals surface area contributed by atoms with Crippen LogP contribution in [0.5, 0.6) is 0 Å². The summed E-state index contributed by atoms with van der Waals surface area (Å²) in [6.07, 6.45) is 4.11. The van der Waals surface area contributed by atoms with Gasteiger partial charge in [0.05, 0.1) is 12.2 Å². The lowest BCUT2D eigenvalue weighted by Crippen LogP contribution is -2.33. The van der Waals surface area contributed by atoms with Crippen molar-refractivity contribution in [3.8, 4) is 22.6 Å². The van der Waals surface area contributed by atoms with Crippen molar-refractivity contribution in [2.75, 3.05) is 0 Å². The lowest BCUT2D eigenvalue weighted by atomic mass is 9.95. The van der Waals surface area contributed by atoms with Crippen molar-refractivity contribution >= 4 is 5.78 Å². The topological polar surface area (TPSA) is 69.1 Å². The van der Waals surface area contributed by atoms with Gasteiger partial charge in [0.1, 0.15) is 6.26 Å². The first kappa shape index (κ1) is 19.8. The standard InChI is InChI=1S/C26H24N2O2/c1-18-7-10-22(26-28-13-14-30-26)17-23(18)21-11-8-20(9-12-21)16-25(29)24(27)15-19-5-3-2-4-6-19/h2-14,17,24H,15-16,27H2,1H3. The Bertz CT molecular complexity index is 1120.